The first-order valence-corrected chi connectivity index (χ1v) is 10.9. The molecule has 1 saturated heterocycles. The van der Waals surface area contributed by atoms with E-state index in [1.807, 2.05) is 24.3 Å². The molecule has 1 aliphatic heterocycles. The molecule has 2 aromatic rings. The van der Waals surface area contributed by atoms with Crippen LogP contribution in [0, 0.1) is 23.7 Å². The molecule has 5 aliphatic rings. The van der Waals surface area contributed by atoms with Crippen LogP contribution >= 0.6 is 0 Å². The normalized spacial score (nSPS) is 26.8. The van der Waals surface area contributed by atoms with Gasteiger partial charge in [-0.2, -0.15) is 0 Å². The first kappa shape index (κ1) is 19.0. The van der Waals surface area contributed by atoms with Crippen molar-refractivity contribution >= 4 is 29.3 Å². The highest BCUT2D eigenvalue weighted by Gasteiger charge is 2.56. The van der Waals surface area contributed by atoms with E-state index >= 15 is 0 Å². The van der Waals surface area contributed by atoms with Gasteiger partial charge in [0.05, 0.1) is 11.8 Å². The number of rotatable bonds is 3. The summed E-state index contributed by atoms with van der Waals surface area (Å²) >= 11 is 0. The number of carbonyl (C=O) groups excluding carboxylic acids is 4. The number of ketones is 1. The molecule has 32 heavy (non-hydrogen) atoms. The molecule has 4 atom stereocenters. The number of hydrogen-bond donors (Lipinski definition) is 2. The van der Waals surface area contributed by atoms with Crippen molar-refractivity contribution in [1.82, 2.24) is 10.2 Å². The molecule has 4 amide bonds. The maximum atomic E-state index is 12.8. The second kappa shape index (κ2) is 6.88. The van der Waals surface area contributed by atoms with Crippen molar-refractivity contribution < 1.29 is 19.2 Å². The average molecular weight is 427 g/mol. The highest BCUT2D eigenvalue weighted by Crippen LogP contribution is 2.49. The second-order valence-electron chi connectivity index (χ2n) is 8.87. The van der Waals surface area contributed by atoms with Gasteiger partial charge in [0.25, 0.3) is 0 Å². The molecule has 2 fully saturated rings. The third-order valence-electron chi connectivity index (χ3n) is 7.23. The molecule has 1 heterocycles. The summed E-state index contributed by atoms with van der Waals surface area (Å²) in [6.07, 6.45) is 6.00. The molecule has 7 heteroatoms. The van der Waals surface area contributed by atoms with Gasteiger partial charge in [0, 0.05) is 16.8 Å². The fraction of sp³-hybridized carbons (Fsp3) is 0.280. The quantitative estimate of drug-likeness (QED) is 0.496. The summed E-state index contributed by atoms with van der Waals surface area (Å²) in [7, 11) is 0. The van der Waals surface area contributed by atoms with Crippen LogP contribution in [0.15, 0.2) is 54.6 Å². The van der Waals surface area contributed by atoms with Crippen LogP contribution in [0.25, 0.3) is 11.1 Å². The number of anilines is 1. The zero-order valence-corrected chi connectivity index (χ0v) is 17.2. The molecule has 160 valence electrons. The number of nitrogens with zero attached hydrogens (tertiary/aromatic N) is 1. The number of nitrogens with one attached hydrogen (secondary N) is 2. The topological polar surface area (TPSA) is 95.6 Å². The number of urea groups is 1. The summed E-state index contributed by atoms with van der Waals surface area (Å²) in [4.78, 5) is 52.0. The number of fused-ring (bicyclic) bond motifs is 4. The molecule has 1 saturated carbocycles. The SMILES string of the molecule is O=C(NCN1C(=O)[C@H]2[C@H](C1=O)[C@H]1C=C[C@H]2CC1)Nc1ccc2c(c1)C(=O)c1ccccc1-2. The molecule has 2 aromatic carbocycles. The lowest BCUT2D eigenvalue weighted by molar-refractivity contribution is -0.140. The van der Waals surface area contributed by atoms with Crippen molar-refractivity contribution in [2.24, 2.45) is 23.7 Å². The molecular weight excluding hydrogens is 406 g/mol. The van der Waals surface area contributed by atoms with Crippen LogP contribution in [0.2, 0.25) is 0 Å². The van der Waals surface area contributed by atoms with Gasteiger partial charge >= 0.3 is 6.03 Å². The maximum absolute atomic E-state index is 12.8. The fourth-order valence-electron chi connectivity index (χ4n) is 5.72. The van der Waals surface area contributed by atoms with E-state index in [0.717, 1.165) is 24.0 Å². The molecule has 7 nitrogen and oxygen atoms in total. The van der Waals surface area contributed by atoms with Crippen LogP contribution in [0.1, 0.15) is 28.8 Å². The number of imide groups is 1. The Morgan fingerprint density at radius 1 is 0.844 bits per heavy atom. The Balaban J connectivity index is 1.13. The predicted molar refractivity (Wildman–Crippen MR) is 117 cm³/mol. The largest absolute Gasteiger partial charge is 0.320 e. The van der Waals surface area contributed by atoms with Crippen LogP contribution in [0.4, 0.5) is 10.5 Å². The average Bonchev–Trinajstić information content (AvgIpc) is 3.25. The van der Waals surface area contributed by atoms with Crippen LogP contribution in [0.5, 0.6) is 0 Å². The van der Waals surface area contributed by atoms with Gasteiger partial charge in [-0.05, 0) is 47.9 Å². The van der Waals surface area contributed by atoms with Crippen molar-refractivity contribution in [3.63, 3.8) is 0 Å². The molecule has 0 unspecified atom stereocenters. The third kappa shape index (κ3) is 2.67. The Hall–Kier alpha value is -3.74. The van der Waals surface area contributed by atoms with Gasteiger partial charge in [0.1, 0.15) is 6.67 Å². The van der Waals surface area contributed by atoms with Gasteiger partial charge in [0.15, 0.2) is 5.78 Å². The lowest BCUT2D eigenvalue weighted by Crippen LogP contribution is -2.43. The van der Waals surface area contributed by atoms with E-state index in [4.69, 9.17) is 0 Å². The Kier molecular flexibility index (Phi) is 4.08. The highest BCUT2D eigenvalue weighted by molar-refractivity contribution is 6.22. The monoisotopic (exact) mass is 427 g/mol. The van der Waals surface area contributed by atoms with Crippen LogP contribution in [-0.4, -0.2) is 35.2 Å². The van der Waals surface area contributed by atoms with E-state index < -0.39 is 6.03 Å². The van der Waals surface area contributed by atoms with Gasteiger partial charge in [-0.1, -0.05) is 42.5 Å². The minimum Gasteiger partial charge on any atom is -0.320 e. The lowest BCUT2D eigenvalue weighted by atomic mass is 9.63. The van der Waals surface area contributed by atoms with E-state index in [0.29, 0.717) is 16.8 Å². The summed E-state index contributed by atoms with van der Waals surface area (Å²) in [6, 6.07) is 12.1. The Bertz CT molecular complexity index is 1200. The zero-order chi connectivity index (χ0) is 22.0. The number of benzene rings is 2. The van der Waals surface area contributed by atoms with E-state index in [2.05, 4.69) is 22.8 Å². The third-order valence-corrected chi connectivity index (χ3v) is 7.23. The second-order valence-corrected chi connectivity index (χ2v) is 8.87. The first-order valence-electron chi connectivity index (χ1n) is 10.9. The minimum atomic E-state index is -0.538. The van der Waals surface area contributed by atoms with Crippen LogP contribution < -0.4 is 10.6 Å². The van der Waals surface area contributed by atoms with Gasteiger partial charge < -0.3 is 10.6 Å². The molecule has 0 spiro atoms. The maximum Gasteiger partial charge on any atom is 0.320 e. The van der Waals surface area contributed by atoms with E-state index in [1.54, 1.807) is 18.2 Å². The molecule has 0 radical (unpaired) electrons. The lowest BCUT2D eigenvalue weighted by Gasteiger charge is -2.38. The van der Waals surface area contributed by atoms with Crippen molar-refractivity contribution in [3.8, 4) is 11.1 Å². The molecule has 2 bridgehead atoms. The van der Waals surface area contributed by atoms with Crippen molar-refractivity contribution in [2.75, 3.05) is 12.0 Å². The Labute approximate surface area is 184 Å². The summed E-state index contributed by atoms with van der Waals surface area (Å²) in [5.41, 5.74) is 3.40. The Morgan fingerprint density at radius 2 is 1.47 bits per heavy atom. The van der Waals surface area contributed by atoms with E-state index in [1.165, 1.54) is 4.90 Å². The van der Waals surface area contributed by atoms with Crippen LogP contribution in [-0.2, 0) is 9.59 Å². The minimum absolute atomic E-state index is 0.0706. The van der Waals surface area contributed by atoms with Gasteiger partial charge in [-0.25, -0.2) is 4.79 Å². The van der Waals surface area contributed by atoms with E-state index in [-0.39, 0.29) is 47.9 Å². The highest BCUT2D eigenvalue weighted by atomic mass is 16.2. The smallest absolute Gasteiger partial charge is 0.320 e. The standard InChI is InChI=1S/C25H21N3O4/c29-22-18-4-2-1-3-16(18)17-10-9-15(11-19(17)22)27-25(32)26-12-28-23(30)20-13-5-6-14(8-7-13)21(20)24(28)31/h1-6,9-11,13-14,20-21H,7-8,12H2,(H2,26,27,32)/t13-,14-,20+,21+/m0/s1. The van der Waals surface area contributed by atoms with Crippen LogP contribution in [0.3, 0.4) is 0 Å². The number of likely N-dealkylation sites (tertiary alicyclic amines) is 1. The predicted octanol–water partition coefficient (Wildman–Crippen LogP) is 3.17. The summed E-state index contributed by atoms with van der Waals surface area (Å²) in [5, 5.41) is 5.32. The zero-order valence-electron chi connectivity index (χ0n) is 17.2. The molecule has 2 N–H and O–H groups in total. The Morgan fingerprint density at radius 3 is 2.12 bits per heavy atom. The van der Waals surface area contributed by atoms with Gasteiger partial charge in [0.2, 0.25) is 11.8 Å². The molecule has 7 rings (SSSR count). The van der Waals surface area contributed by atoms with Crippen molar-refractivity contribution in [2.45, 2.75) is 12.8 Å². The van der Waals surface area contributed by atoms with Crippen molar-refractivity contribution in [3.05, 3.63) is 65.7 Å². The van der Waals surface area contributed by atoms with E-state index in [9.17, 15) is 19.2 Å². The number of hydrogen-bond acceptors (Lipinski definition) is 4. The summed E-state index contributed by atoms with van der Waals surface area (Å²) < 4.78 is 0. The number of carbonyl (C=O) groups is 4. The number of amides is 4. The summed E-state index contributed by atoms with van der Waals surface area (Å²) in [6.45, 7) is -0.161. The molecular formula is C25H21N3O4. The summed E-state index contributed by atoms with van der Waals surface area (Å²) in [5.74, 6) is -0.804. The van der Waals surface area contributed by atoms with Gasteiger partial charge in [-0.15, -0.1) is 0 Å². The molecule has 4 aliphatic carbocycles. The number of allylic oxidation sites excluding steroid dienone is 2. The first-order chi connectivity index (χ1) is 15.5. The van der Waals surface area contributed by atoms with Crippen molar-refractivity contribution in [1.29, 1.82) is 0 Å². The fourth-order valence-corrected chi connectivity index (χ4v) is 5.72. The molecule has 0 aromatic heterocycles. The van der Waals surface area contributed by atoms with Gasteiger partial charge in [-0.3, -0.25) is 19.3 Å².